The van der Waals surface area contributed by atoms with Gasteiger partial charge in [-0.1, -0.05) is 12.1 Å². The number of hydrogen-bond acceptors (Lipinski definition) is 3. The molecular formula is C15H24N2O. The second-order valence-corrected chi connectivity index (χ2v) is 5.59. The van der Waals surface area contributed by atoms with Gasteiger partial charge >= 0.3 is 0 Å². The van der Waals surface area contributed by atoms with Gasteiger partial charge in [0, 0.05) is 38.5 Å². The fourth-order valence-corrected chi connectivity index (χ4v) is 2.28. The summed E-state index contributed by atoms with van der Waals surface area (Å²) in [7, 11) is 4.12. The number of rotatable bonds is 4. The number of ether oxygens (including phenoxy) is 1. The normalized spacial score (nSPS) is 27.4. The Morgan fingerprint density at radius 3 is 2.50 bits per heavy atom. The van der Waals surface area contributed by atoms with Crippen LogP contribution < -0.4 is 10.2 Å². The Balaban J connectivity index is 1.94. The van der Waals surface area contributed by atoms with E-state index in [0.717, 1.165) is 19.6 Å². The molecule has 0 aliphatic carbocycles. The van der Waals surface area contributed by atoms with Gasteiger partial charge in [-0.2, -0.15) is 0 Å². The first kappa shape index (κ1) is 13.4. The minimum absolute atomic E-state index is 0.111. The highest BCUT2D eigenvalue weighted by molar-refractivity contribution is 5.45. The second kappa shape index (κ2) is 5.29. The van der Waals surface area contributed by atoms with Crippen LogP contribution in [0.5, 0.6) is 0 Å². The number of anilines is 1. The van der Waals surface area contributed by atoms with Crippen LogP contribution in [0.15, 0.2) is 24.3 Å². The van der Waals surface area contributed by atoms with Crippen molar-refractivity contribution < 1.29 is 4.74 Å². The Kier molecular flexibility index (Phi) is 3.93. The quantitative estimate of drug-likeness (QED) is 0.885. The molecule has 2 rings (SSSR count). The second-order valence-electron chi connectivity index (χ2n) is 5.59. The zero-order valence-electron chi connectivity index (χ0n) is 11.9. The molecule has 0 aromatic heterocycles. The summed E-state index contributed by atoms with van der Waals surface area (Å²) in [6, 6.07) is 8.69. The molecule has 18 heavy (non-hydrogen) atoms. The predicted octanol–water partition coefficient (Wildman–Crippen LogP) is 2.41. The van der Waals surface area contributed by atoms with Crippen LogP contribution in [-0.4, -0.2) is 32.3 Å². The van der Waals surface area contributed by atoms with Crippen LogP contribution in [0.2, 0.25) is 0 Å². The highest BCUT2D eigenvalue weighted by Crippen LogP contribution is 2.25. The maximum atomic E-state index is 5.64. The van der Waals surface area contributed by atoms with Gasteiger partial charge in [0.1, 0.15) is 0 Å². The van der Waals surface area contributed by atoms with E-state index in [4.69, 9.17) is 4.74 Å². The number of nitrogens with zero attached hydrogens (tertiary/aromatic N) is 1. The maximum Gasteiger partial charge on any atom is 0.0726 e. The van der Waals surface area contributed by atoms with Crippen molar-refractivity contribution in [2.75, 3.05) is 25.6 Å². The van der Waals surface area contributed by atoms with Crippen molar-refractivity contribution in [1.29, 1.82) is 0 Å². The molecule has 1 saturated heterocycles. The van der Waals surface area contributed by atoms with E-state index in [1.165, 1.54) is 11.3 Å². The monoisotopic (exact) mass is 248 g/mol. The lowest BCUT2D eigenvalue weighted by atomic mass is 9.94. The molecule has 3 nitrogen and oxygen atoms in total. The highest BCUT2D eigenvalue weighted by Gasteiger charge is 2.36. The van der Waals surface area contributed by atoms with Crippen LogP contribution in [0.1, 0.15) is 25.8 Å². The van der Waals surface area contributed by atoms with Crippen molar-refractivity contribution in [3.8, 4) is 0 Å². The smallest absolute Gasteiger partial charge is 0.0726 e. The Morgan fingerprint density at radius 2 is 2.00 bits per heavy atom. The largest absolute Gasteiger partial charge is 0.378 e. The summed E-state index contributed by atoms with van der Waals surface area (Å²) in [5.74, 6) is 0. The lowest BCUT2D eigenvalue weighted by Crippen LogP contribution is -2.47. The number of hydrogen-bond donors (Lipinski definition) is 1. The molecular weight excluding hydrogens is 224 g/mol. The van der Waals surface area contributed by atoms with Crippen molar-refractivity contribution in [2.45, 2.75) is 38.5 Å². The number of nitrogens with one attached hydrogen (secondary N) is 1. The summed E-state index contributed by atoms with van der Waals surface area (Å²) < 4.78 is 5.64. The van der Waals surface area contributed by atoms with Gasteiger partial charge in [-0.15, -0.1) is 0 Å². The van der Waals surface area contributed by atoms with E-state index in [9.17, 15) is 0 Å². The third-order valence-electron chi connectivity index (χ3n) is 4.04. The Bertz CT molecular complexity index is 388. The van der Waals surface area contributed by atoms with E-state index in [1.54, 1.807) is 0 Å². The van der Waals surface area contributed by atoms with Gasteiger partial charge in [0.05, 0.1) is 6.10 Å². The van der Waals surface area contributed by atoms with Crippen molar-refractivity contribution >= 4 is 5.69 Å². The van der Waals surface area contributed by atoms with E-state index < -0.39 is 0 Å². The van der Waals surface area contributed by atoms with Crippen molar-refractivity contribution in [3.63, 3.8) is 0 Å². The summed E-state index contributed by atoms with van der Waals surface area (Å²) in [6.07, 6.45) is 1.38. The van der Waals surface area contributed by atoms with Crippen molar-refractivity contribution in [1.82, 2.24) is 5.32 Å². The van der Waals surface area contributed by atoms with Gasteiger partial charge in [-0.3, -0.25) is 0 Å². The molecule has 0 bridgehead atoms. The molecule has 1 aliphatic rings. The average molecular weight is 248 g/mol. The molecule has 2 atom stereocenters. The molecule has 1 aromatic rings. The van der Waals surface area contributed by atoms with Crippen LogP contribution in [-0.2, 0) is 11.3 Å². The molecule has 0 radical (unpaired) electrons. The molecule has 1 aliphatic heterocycles. The molecule has 0 saturated carbocycles. The Hall–Kier alpha value is -1.06. The van der Waals surface area contributed by atoms with E-state index in [2.05, 4.69) is 62.4 Å². The van der Waals surface area contributed by atoms with E-state index in [-0.39, 0.29) is 5.54 Å². The topological polar surface area (TPSA) is 24.5 Å². The van der Waals surface area contributed by atoms with Crippen LogP contribution in [0.4, 0.5) is 5.69 Å². The summed E-state index contributed by atoms with van der Waals surface area (Å²) in [4.78, 5) is 2.12. The third kappa shape index (κ3) is 2.85. The SMILES string of the molecule is CC1OCCC1(C)NCc1ccc(N(C)C)cc1. The van der Waals surface area contributed by atoms with Gasteiger partial charge in [-0.25, -0.2) is 0 Å². The lowest BCUT2D eigenvalue weighted by Gasteiger charge is -2.29. The summed E-state index contributed by atoms with van der Waals surface area (Å²) in [5, 5.41) is 3.63. The molecule has 2 unspecified atom stereocenters. The van der Waals surface area contributed by atoms with Gasteiger partial charge in [-0.05, 0) is 38.0 Å². The third-order valence-corrected chi connectivity index (χ3v) is 4.04. The molecule has 0 spiro atoms. The molecule has 1 N–H and O–H groups in total. The summed E-state index contributed by atoms with van der Waals surface area (Å²) in [5.41, 5.74) is 2.67. The zero-order valence-corrected chi connectivity index (χ0v) is 11.9. The molecule has 1 aromatic carbocycles. The molecule has 3 heteroatoms. The maximum absolute atomic E-state index is 5.64. The minimum atomic E-state index is 0.111. The predicted molar refractivity (Wildman–Crippen MR) is 76.0 cm³/mol. The molecule has 1 fully saturated rings. The van der Waals surface area contributed by atoms with Crippen molar-refractivity contribution in [3.05, 3.63) is 29.8 Å². The van der Waals surface area contributed by atoms with Gasteiger partial charge in [0.2, 0.25) is 0 Å². The first-order chi connectivity index (χ1) is 8.51. The minimum Gasteiger partial charge on any atom is -0.378 e. The van der Waals surface area contributed by atoms with E-state index in [0.29, 0.717) is 6.10 Å². The van der Waals surface area contributed by atoms with E-state index in [1.807, 2.05) is 0 Å². The molecule has 100 valence electrons. The highest BCUT2D eigenvalue weighted by atomic mass is 16.5. The standard InChI is InChI=1S/C15H24N2O/c1-12-15(2,9-10-18-12)16-11-13-5-7-14(8-6-13)17(3)4/h5-8,12,16H,9-11H2,1-4H3. The molecule has 0 amide bonds. The first-order valence-corrected chi connectivity index (χ1v) is 6.64. The van der Waals surface area contributed by atoms with Gasteiger partial charge < -0.3 is 15.0 Å². The fraction of sp³-hybridized carbons (Fsp3) is 0.600. The van der Waals surface area contributed by atoms with Crippen LogP contribution >= 0.6 is 0 Å². The van der Waals surface area contributed by atoms with E-state index >= 15 is 0 Å². The van der Waals surface area contributed by atoms with Crippen molar-refractivity contribution in [2.24, 2.45) is 0 Å². The summed E-state index contributed by atoms with van der Waals surface area (Å²) >= 11 is 0. The zero-order chi connectivity index (χ0) is 13.2. The van der Waals surface area contributed by atoms with Gasteiger partial charge in [0.15, 0.2) is 0 Å². The average Bonchev–Trinajstić information content (AvgIpc) is 2.68. The first-order valence-electron chi connectivity index (χ1n) is 6.64. The Labute approximate surface area is 110 Å². The van der Waals surface area contributed by atoms with Gasteiger partial charge in [0.25, 0.3) is 0 Å². The van der Waals surface area contributed by atoms with Crippen LogP contribution in [0.3, 0.4) is 0 Å². The molecule has 1 heterocycles. The fourth-order valence-electron chi connectivity index (χ4n) is 2.28. The number of benzene rings is 1. The van der Waals surface area contributed by atoms with Crippen LogP contribution in [0, 0.1) is 0 Å². The summed E-state index contributed by atoms with van der Waals surface area (Å²) in [6.45, 7) is 6.16. The van der Waals surface area contributed by atoms with Crippen LogP contribution in [0.25, 0.3) is 0 Å². The lowest BCUT2D eigenvalue weighted by molar-refractivity contribution is 0.0881. The Morgan fingerprint density at radius 1 is 1.33 bits per heavy atom.